The summed E-state index contributed by atoms with van der Waals surface area (Å²) in [5.74, 6) is 0.765. The van der Waals surface area contributed by atoms with E-state index in [1.807, 2.05) is 12.1 Å². The Morgan fingerprint density at radius 1 is 1.17 bits per heavy atom. The molecule has 0 radical (unpaired) electrons. The fourth-order valence-corrected chi connectivity index (χ4v) is 3.71. The summed E-state index contributed by atoms with van der Waals surface area (Å²) in [5, 5.41) is 24.1. The molecule has 1 aliphatic carbocycles. The van der Waals surface area contributed by atoms with Crippen molar-refractivity contribution in [1.29, 1.82) is 0 Å². The predicted molar refractivity (Wildman–Crippen MR) is 87.6 cm³/mol. The maximum Gasteiger partial charge on any atom is 0.269 e. The van der Waals surface area contributed by atoms with Crippen molar-refractivity contribution in [3.63, 3.8) is 0 Å². The van der Waals surface area contributed by atoms with Crippen LogP contribution in [0, 0.1) is 16.0 Å². The van der Waals surface area contributed by atoms with Crippen molar-refractivity contribution >= 4 is 11.4 Å². The van der Waals surface area contributed by atoms with Crippen LogP contribution >= 0.6 is 0 Å². The smallest absolute Gasteiger partial charge is 0.269 e. The minimum Gasteiger partial charge on any atom is -0.508 e. The highest BCUT2D eigenvalue weighted by molar-refractivity contribution is 5.63. The Bertz CT molecular complexity index is 798. The molecule has 0 amide bonds. The Kier molecular flexibility index (Phi) is 3.08. The molecule has 4 rings (SSSR count). The van der Waals surface area contributed by atoms with E-state index in [0.717, 1.165) is 23.2 Å². The number of hydrogen-bond donors (Lipinski definition) is 2. The van der Waals surface area contributed by atoms with E-state index in [-0.39, 0.29) is 28.3 Å². The number of rotatable bonds is 2. The van der Waals surface area contributed by atoms with Crippen LogP contribution in [0.25, 0.3) is 0 Å². The summed E-state index contributed by atoms with van der Waals surface area (Å²) in [4.78, 5) is 10.7. The van der Waals surface area contributed by atoms with Crippen LogP contribution in [0.2, 0.25) is 0 Å². The minimum absolute atomic E-state index is 0.129. The van der Waals surface area contributed by atoms with E-state index in [2.05, 4.69) is 17.5 Å². The third-order valence-corrected chi connectivity index (χ3v) is 4.81. The molecule has 0 fully saturated rings. The lowest BCUT2D eigenvalue weighted by molar-refractivity contribution is -0.384. The number of nitro groups is 1. The van der Waals surface area contributed by atoms with Crippen molar-refractivity contribution in [1.82, 2.24) is 0 Å². The van der Waals surface area contributed by atoms with E-state index >= 15 is 0 Å². The van der Waals surface area contributed by atoms with E-state index in [4.69, 9.17) is 0 Å². The lowest BCUT2D eigenvalue weighted by atomic mass is 9.77. The molecular weight excluding hydrogens is 292 g/mol. The zero-order valence-electron chi connectivity index (χ0n) is 12.3. The molecule has 0 saturated carbocycles. The molecule has 2 aliphatic rings. The lowest BCUT2D eigenvalue weighted by Crippen LogP contribution is -2.29. The number of fused-ring (bicyclic) bond motifs is 3. The van der Waals surface area contributed by atoms with Gasteiger partial charge in [0.15, 0.2) is 0 Å². The van der Waals surface area contributed by atoms with Crippen molar-refractivity contribution in [2.24, 2.45) is 5.92 Å². The lowest BCUT2D eigenvalue weighted by Gasteiger charge is -2.37. The molecule has 0 bridgehead atoms. The molecule has 3 unspecified atom stereocenters. The Morgan fingerprint density at radius 2 is 1.96 bits per heavy atom. The summed E-state index contributed by atoms with van der Waals surface area (Å²) in [7, 11) is 0. The van der Waals surface area contributed by atoms with Gasteiger partial charge in [0.2, 0.25) is 0 Å². The average Bonchev–Trinajstić information content (AvgIpc) is 3.04. The van der Waals surface area contributed by atoms with Gasteiger partial charge in [0.25, 0.3) is 5.69 Å². The highest BCUT2D eigenvalue weighted by atomic mass is 16.6. The van der Waals surface area contributed by atoms with Crippen molar-refractivity contribution in [3.05, 3.63) is 75.9 Å². The van der Waals surface area contributed by atoms with Crippen molar-refractivity contribution in [3.8, 4) is 5.75 Å². The molecule has 0 spiro atoms. The van der Waals surface area contributed by atoms with E-state index in [1.54, 1.807) is 30.3 Å². The summed E-state index contributed by atoms with van der Waals surface area (Å²) in [6.45, 7) is 0. The van der Waals surface area contributed by atoms with E-state index in [0.29, 0.717) is 5.92 Å². The van der Waals surface area contributed by atoms with Crippen LogP contribution in [-0.2, 0) is 0 Å². The zero-order valence-corrected chi connectivity index (χ0v) is 12.3. The van der Waals surface area contributed by atoms with Crippen LogP contribution in [0.4, 0.5) is 11.4 Å². The molecule has 2 aromatic carbocycles. The quantitative estimate of drug-likeness (QED) is 0.497. The molecule has 2 N–H and O–H groups in total. The number of phenols is 1. The van der Waals surface area contributed by atoms with Crippen LogP contribution in [0.5, 0.6) is 5.75 Å². The van der Waals surface area contributed by atoms with Gasteiger partial charge >= 0.3 is 0 Å². The van der Waals surface area contributed by atoms with E-state index in [1.165, 1.54) is 0 Å². The number of nitrogens with one attached hydrogen (secondary N) is 1. The summed E-state index contributed by atoms with van der Waals surface area (Å²) in [5.41, 5.74) is 3.19. The highest BCUT2D eigenvalue weighted by Crippen LogP contribution is 2.50. The summed E-state index contributed by atoms with van der Waals surface area (Å²) in [6, 6.07) is 12.4. The number of nitro benzene ring substituents is 1. The molecule has 5 heteroatoms. The van der Waals surface area contributed by atoms with Crippen molar-refractivity contribution < 1.29 is 10.0 Å². The number of hydrogen-bond acceptors (Lipinski definition) is 4. The maximum absolute atomic E-state index is 11.0. The topological polar surface area (TPSA) is 75.4 Å². The summed E-state index contributed by atoms with van der Waals surface area (Å²) >= 11 is 0. The van der Waals surface area contributed by atoms with Gasteiger partial charge in [0, 0.05) is 23.7 Å². The first-order chi connectivity index (χ1) is 11.1. The fourth-order valence-electron chi connectivity index (χ4n) is 3.71. The number of non-ortho nitro benzene ring substituents is 1. The summed E-state index contributed by atoms with van der Waals surface area (Å²) in [6.07, 6.45) is 5.24. The van der Waals surface area contributed by atoms with Gasteiger partial charge in [-0.15, -0.1) is 0 Å². The number of aromatic hydroxyl groups is 1. The first-order valence-corrected chi connectivity index (χ1v) is 7.64. The van der Waals surface area contributed by atoms with Gasteiger partial charge in [-0.3, -0.25) is 10.1 Å². The fraction of sp³-hybridized carbons (Fsp3) is 0.222. The van der Waals surface area contributed by atoms with Crippen LogP contribution in [-0.4, -0.2) is 10.0 Å². The van der Waals surface area contributed by atoms with Crippen molar-refractivity contribution in [2.45, 2.75) is 18.4 Å². The summed E-state index contributed by atoms with van der Waals surface area (Å²) < 4.78 is 0. The third kappa shape index (κ3) is 2.25. The Morgan fingerprint density at radius 3 is 2.70 bits per heavy atom. The normalized spacial score (nSPS) is 24.6. The molecule has 2 aromatic rings. The predicted octanol–water partition coefficient (Wildman–Crippen LogP) is 4.13. The standard InChI is InChI=1S/C18H16N2O3/c21-13-7-4-11(5-8-13)18-15-3-1-2-14(15)16-10-12(20(22)23)6-9-17(16)19-18/h1-2,4-10,14-15,18-19,21H,3H2. The molecule has 0 saturated heterocycles. The highest BCUT2D eigenvalue weighted by Gasteiger charge is 2.38. The van der Waals surface area contributed by atoms with Gasteiger partial charge in [-0.2, -0.15) is 0 Å². The second-order valence-corrected chi connectivity index (χ2v) is 6.10. The first-order valence-electron chi connectivity index (χ1n) is 7.64. The molecular formula is C18H16N2O3. The molecule has 5 nitrogen and oxygen atoms in total. The van der Waals surface area contributed by atoms with Gasteiger partial charge in [-0.1, -0.05) is 24.3 Å². The molecule has 116 valence electrons. The first kappa shape index (κ1) is 13.8. The van der Waals surface area contributed by atoms with E-state index < -0.39 is 0 Å². The number of anilines is 1. The molecule has 1 heterocycles. The second kappa shape index (κ2) is 5.12. The molecule has 23 heavy (non-hydrogen) atoms. The largest absolute Gasteiger partial charge is 0.508 e. The number of nitrogens with zero attached hydrogens (tertiary/aromatic N) is 1. The van der Waals surface area contributed by atoms with Gasteiger partial charge in [-0.25, -0.2) is 0 Å². The number of phenolic OH excluding ortho intramolecular Hbond substituents is 1. The van der Waals surface area contributed by atoms with Crippen LogP contribution in [0.1, 0.15) is 29.5 Å². The van der Waals surface area contributed by atoms with Gasteiger partial charge in [0.1, 0.15) is 5.75 Å². The molecule has 1 aliphatic heterocycles. The van der Waals surface area contributed by atoms with Crippen molar-refractivity contribution in [2.75, 3.05) is 5.32 Å². The average molecular weight is 308 g/mol. The minimum atomic E-state index is -0.347. The molecule has 0 aromatic heterocycles. The maximum atomic E-state index is 11.0. The Balaban J connectivity index is 1.77. The Hall–Kier alpha value is -2.82. The number of benzene rings is 2. The zero-order chi connectivity index (χ0) is 16.0. The van der Waals surface area contributed by atoms with Crippen LogP contribution in [0.3, 0.4) is 0 Å². The van der Waals surface area contributed by atoms with Gasteiger partial charge in [0.05, 0.1) is 11.0 Å². The number of allylic oxidation sites excluding steroid dienone is 2. The van der Waals surface area contributed by atoms with Gasteiger partial charge in [-0.05, 0) is 41.7 Å². The van der Waals surface area contributed by atoms with Crippen LogP contribution in [0.15, 0.2) is 54.6 Å². The molecule has 3 atom stereocenters. The van der Waals surface area contributed by atoms with Crippen LogP contribution < -0.4 is 5.32 Å². The van der Waals surface area contributed by atoms with E-state index in [9.17, 15) is 15.2 Å². The second-order valence-electron chi connectivity index (χ2n) is 6.10. The monoisotopic (exact) mass is 308 g/mol. The SMILES string of the molecule is O=[N+]([O-])c1ccc2c(c1)C1C=CCC1C(c1ccc(O)cc1)N2. The third-order valence-electron chi connectivity index (χ3n) is 4.81. The van der Waals surface area contributed by atoms with Gasteiger partial charge < -0.3 is 10.4 Å². The Labute approximate surface area is 133 Å².